The van der Waals surface area contributed by atoms with Crippen LogP contribution in [0.25, 0.3) is 22.3 Å². The van der Waals surface area contributed by atoms with Crippen molar-refractivity contribution in [2.24, 2.45) is 7.05 Å². The molecule has 0 bridgehead atoms. The number of halogens is 1. The first kappa shape index (κ1) is 25.8. The van der Waals surface area contributed by atoms with Crippen molar-refractivity contribution in [3.05, 3.63) is 99.0 Å². The lowest BCUT2D eigenvalue weighted by molar-refractivity contribution is -0.137. The summed E-state index contributed by atoms with van der Waals surface area (Å²) in [5.41, 5.74) is 8.06. The summed E-state index contributed by atoms with van der Waals surface area (Å²) in [6, 6.07) is 13.0. The van der Waals surface area contributed by atoms with Gasteiger partial charge in [0.15, 0.2) is 0 Å². The highest BCUT2D eigenvalue weighted by Crippen LogP contribution is 2.45. The number of hydrogen-bond donors (Lipinski definition) is 1. The fourth-order valence-electron chi connectivity index (χ4n) is 6.12. The second kappa shape index (κ2) is 9.93. The average Bonchev–Trinajstić information content (AvgIpc) is 3.51. The van der Waals surface area contributed by atoms with Gasteiger partial charge in [-0.1, -0.05) is 24.3 Å². The summed E-state index contributed by atoms with van der Waals surface area (Å²) in [6.07, 6.45) is 4.25. The maximum Gasteiger partial charge on any atom is 0.347 e. The van der Waals surface area contributed by atoms with Crippen LogP contribution in [0.3, 0.4) is 0 Å². The molecule has 1 N–H and O–H groups in total. The van der Waals surface area contributed by atoms with E-state index in [0.717, 1.165) is 44.5 Å². The van der Waals surface area contributed by atoms with Crippen LogP contribution in [-0.2, 0) is 18.3 Å². The lowest BCUT2D eigenvalue weighted by Gasteiger charge is -2.19. The number of benzene rings is 3. The number of carboxylic acids is 1. The molecule has 2 heterocycles. The third kappa shape index (κ3) is 4.53. The van der Waals surface area contributed by atoms with Crippen LogP contribution in [0.15, 0.2) is 59.7 Å². The molecule has 204 valence electrons. The van der Waals surface area contributed by atoms with E-state index in [2.05, 4.69) is 17.1 Å². The highest BCUT2D eigenvalue weighted by molar-refractivity contribution is 5.79. The van der Waals surface area contributed by atoms with E-state index in [-0.39, 0.29) is 23.8 Å². The number of carbonyl (C=O) groups is 1. The van der Waals surface area contributed by atoms with Gasteiger partial charge in [0.05, 0.1) is 13.0 Å². The topological polar surface area (TPSA) is 90.7 Å². The van der Waals surface area contributed by atoms with Gasteiger partial charge in [0.2, 0.25) is 0 Å². The molecule has 2 atom stereocenters. The van der Waals surface area contributed by atoms with Crippen LogP contribution in [0.4, 0.5) is 4.39 Å². The number of hydrogen-bond acceptors (Lipinski definition) is 5. The molecule has 3 aromatic carbocycles. The minimum Gasteiger partial charge on any atom is -0.492 e. The largest absolute Gasteiger partial charge is 0.492 e. The van der Waals surface area contributed by atoms with Crippen molar-refractivity contribution in [2.45, 2.75) is 45.1 Å². The molecule has 40 heavy (non-hydrogen) atoms. The summed E-state index contributed by atoms with van der Waals surface area (Å²) in [6.45, 7) is 4.41. The standard InChI is InChI=1S/C32H29FN2O5/c1-17-10-19(21-14-34-32(38)35(3)15-21)11-18(2)30(17)24-6-8-26(33)31-25(24)7-9-27(31)40-22-4-5-23-20(12-29(36)37)16-39-28(23)13-22/h4-6,8,10-11,13-15,20,27H,7,9,12,16H2,1-3H3,(H,36,37). The predicted octanol–water partition coefficient (Wildman–Crippen LogP) is 5.89. The molecule has 1 aliphatic carbocycles. The first-order valence-corrected chi connectivity index (χ1v) is 13.3. The first-order valence-electron chi connectivity index (χ1n) is 13.3. The third-order valence-electron chi connectivity index (χ3n) is 7.93. The first-order chi connectivity index (χ1) is 19.2. The van der Waals surface area contributed by atoms with E-state index in [0.29, 0.717) is 36.5 Å². The molecule has 4 aromatic rings. The molecule has 6 rings (SSSR count). The van der Waals surface area contributed by atoms with E-state index in [1.54, 1.807) is 25.5 Å². The molecular weight excluding hydrogens is 511 g/mol. The number of ether oxygens (including phenoxy) is 2. The van der Waals surface area contributed by atoms with Crippen molar-refractivity contribution < 1.29 is 23.8 Å². The average molecular weight is 541 g/mol. The number of aromatic nitrogens is 2. The van der Waals surface area contributed by atoms with Crippen molar-refractivity contribution in [1.82, 2.24) is 9.55 Å². The second-order valence-corrected chi connectivity index (χ2v) is 10.7. The zero-order valence-corrected chi connectivity index (χ0v) is 22.5. The Morgan fingerprint density at radius 2 is 1.93 bits per heavy atom. The molecule has 2 aliphatic rings. The number of rotatable bonds is 6. The number of aryl methyl sites for hydroxylation is 3. The Balaban J connectivity index is 1.31. The Morgan fingerprint density at radius 1 is 1.15 bits per heavy atom. The Morgan fingerprint density at radius 3 is 2.65 bits per heavy atom. The molecule has 7 nitrogen and oxygen atoms in total. The summed E-state index contributed by atoms with van der Waals surface area (Å²) >= 11 is 0. The van der Waals surface area contributed by atoms with Gasteiger partial charge in [0.1, 0.15) is 23.4 Å². The molecule has 0 spiro atoms. The molecule has 0 saturated heterocycles. The van der Waals surface area contributed by atoms with Crippen LogP contribution in [0.1, 0.15) is 52.7 Å². The Hall–Kier alpha value is -4.46. The van der Waals surface area contributed by atoms with Crippen molar-refractivity contribution in [2.75, 3.05) is 6.61 Å². The Kier molecular flexibility index (Phi) is 6.41. The summed E-state index contributed by atoms with van der Waals surface area (Å²) in [7, 11) is 1.68. The van der Waals surface area contributed by atoms with E-state index in [1.165, 1.54) is 10.6 Å². The van der Waals surface area contributed by atoms with Crippen molar-refractivity contribution in [3.8, 4) is 33.8 Å². The van der Waals surface area contributed by atoms with E-state index in [4.69, 9.17) is 14.6 Å². The summed E-state index contributed by atoms with van der Waals surface area (Å²) in [5, 5.41) is 9.16. The fraction of sp³-hybridized carbons (Fsp3) is 0.281. The number of fused-ring (bicyclic) bond motifs is 2. The highest BCUT2D eigenvalue weighted by atomic mass is 19.1. The maximum absolute atomic E-state index is 15.3. The number of nitrogens with zero attached hydrogens (tertiary/aromatic N) is 2. The zero-order chi connectivity index (χ0) is 28.1. The van der Waals surface area contributed by atoms with Crippen LogP contribution >= 0.6 is 0 Å². The SMILES string of the molecule is Cc1cc(-c2cnc(=O)n(C)c2)cc(C)c1-c1ccc(F)c2c1CCC2Oc1ccc2c(c1)OCC2CC(=O)O. The van der Waals surface area contributed by atoms with Crippen LogP contribution < -0.4 is 15.2 Å². The Labute approximate surface area is 230 Å². The van der Waals surface area contributed by atoms with Crippen molar-refractivity contribution >= 4 is 5.97 Å². The Bertz CT molecular complexity index is 1700. The van der Waals surface area contributed by atoms with Crippen LogP contribution in [0.5, 0.6) is 11.5 Å². The number of aliphatic carboxylic acids is 1. The van der Waals surface area contributed by atoms with Gasteiger partial charge in [-0.3, -0.25) is 4.79 Å². The molecule has 0 fully saturated rings. The molecule has 0 amide bonds. The molecule has 0 radical (unpaired) electrons. The summed E-state index contributed by atoms with van der Waals surface area (Å²) < 4.78 is 28.8. The molecular formula is C32H29FN2O5. The van der Waals surface area contributed by atoms with E-state index >= 15 is 4.39 Å². The normalized spacial score (nSPS) is 17.3. The number of carboxylic acid groups (broad SMARTS) is 1. The highest BCUT2D eigenvalue weighted by Gasteiger charge is 2.32. The quantitative estimate of drug-likeness (QED) is 0.328. The third-order valence-corrected chi connectivity index (χ3v) is 7.93. The lowest BCUT2D eigenvalue weighted by atomic mass is 9.88. The molecule has 2 unspecified atom stereocenters. The smallest absolute Gasteiger partial charge is 0.347 e. The molecule has 8 heteroatoms. The van der Waals surface area contributed by atoms with Crippen LogP contribution in [0, 0.1) is 19.7 Å². The monoisotopic (exact) mass is 540 g/mol. The van der Waals surface area contributed by atoms with Gasteiger partial charge in [-0.2, -0.15) is 0 Å². The maximum atomic E-state index is 15.3. The molecule has 1 aliphatic heterocycles. The van der Waals surface area contributed by atoms with Crippen molar-refractivity contribution in [1.29, 1.82) is 0 Å². The second-order valence-electron chi connectivity index (χ2n) is 10.7. The van der Waals surface area contributed by atoms with Gasteiger partial charge < -0.3 is 19.1 Å². The van der Waals surface area contributed by atoms with E-state index in [1.807, 2.05) is 32.0 Å². The van der Waals surface area contributed by atoms with Gasteiger partial charge in [0.25, 0.3) is 0 Å². The van der Waals surface area contributed by atoms with Gasteiger partial charge in [-0.15, -0.1) is 0 Å². The van der Waals surface area contributed by atoms with Crippen LogP contribution in [0.2, 0.25) is 0 Å². The van der Waals surface area contributed by atoms with Crippen molar-refractivity contribution in [3.63, 3.8) is 0 Å². The minimum atomic E-state index is -0.861. The van der Waals surface area contributed by atoms with Gasteiger partial charge >= 0.3 is 11.7 Å². The summed E-state index contributed by atoms with van der Waals surface area (Å²) in [5.74, 6) is -0.143. The summed E-state index contributed by atoms with van der Waals surface area (Å²) in [4.78, 5) is 26.8. The molecule has 1 aromatic heterocycles. The van der Waals surface area contributed by atoms with E-state index in [9.17, 15) is 9.59 Å². The minimum absolute atomic E-state index is 0.0128. The van der Waals surface area contributed by atoms with Gasteiger partial charge in [0, 0.05) is 48.1 Å². The predicted molar refractivity (Wildman–Crippen MR) is 148 cm³/mol. The lowest BCUT2D eigenvalue weighted by Crippen LogP contribution is -2.18. The van der Waals surface area contributed by atoms with Gasteiger partial charge in [-0.25, -0.2) is 14.2 Å². The molecule has 0 saturated carbocycles. The van der Waals surface area contributed by atoms with E-state index < -0.39 is 12.1 Å². The fourth-order valence-corrected chi connectivity index (χ4v) is 6.12. The zero-order valence-electron chi connectivity index (χ0n) is 22.5. The van der Waals surface area contributed by atoms with Gasteiger partial charge in [-0.05, 0) is 72.2 Å². The van der Waals surface area contributed by atoms with Crippen LogP contribution in [-0.4, -0.2) is 27.2 Å².